The Hall–Kier alpha value is -1.86. The second-order valence-corrected chi connectivity index (χ2v) is 3.28. The Morgan fingerprint density at radius 2 is 1.00 bits per heavy atom. The topological polar surface area (TPSA) is 57.5 Å². The summed E-state index contributed by atoms with van der Waals surface area (Å²) in [7, 11) is -0.167. The van der Waals surface area contributed by atoms with E-state index in [4.69, 9.17) is 14.8 Å². The Labute approximate surface area is 103 Å². The molecule has 0 aromatic heterocycles. The smallest absolute Gasteiger partial charge is 0.321 e. The van der Waals surface area contributed by atoms with Gasteiger partial charge in [-0.15, -0.1) is 0 Å². The first-order valence-electron chi connectivity index (χ1n) is 4.97. The Bertz CT molecular complexity index is 352. The van der Waals surface area contributed by atoms with Gasteiger partial charge in [0.2, 0.25) is 0 Å². The lowest BCUT2D eigenvalue weighted by atomic mass is 10.3. The van der Waals surface area contributed by atoms with Gasteiger partial charge in [-0.05, 0) is 24.3 Å². The maximum Gasteiger partial charge on any atom is 0.321 e. The highest BCUT2D eigenvalue weighted by Crippen LogP contribution is 2.03. The van der Waals surface area contributed by atoms with Crippen LogP contribution in [-0.2, 0) is 4.57 Å². The van der Waals surface area contributed by atoms with E-state index in [0.717, 1.165) is 0 Å². The molecule has 0 heterocycles. The summed E-state index contributed by atoms with van der Waals surface area (Å²) in [4.78, 5) is 0. The lowest BCUT2D eigenvalue weighted by Gasteiger charge is -1.82. The van der Waals surface area contributed by atoms with Crippen molar-refractivity contribution < 1.29 is 14.8 Å². The predicted octanol–water partition coefficient (Wildman–Crippen LogP) is 3.42. The minimum atomic E-state index is -0.167. The van der Waals surface area contributed by atoms with Gasteiger partial charge in [0.1, 0.15) is 18.2 Å². The highest BCUT2D eigenvalue weighted by atomic mass is 31.1. The van der Waals surface area contributed by atoms with Gasteiger partial charge >= 0.3 is 8.46 Å². The maximum atomic E-state index is 8.96. The Kier molecular flexibility index (Phi) is 9.49. The summed E-state index contributed by atoms with van der Waals surface area (Å²) >= 11 is 0. The molecule has 90 valence electrons. The Morgan fingerprint density at radius 1 is 0.765 bits per heavy atom. The average molecular weight is 251 g/mol. The number of rotatable bonds is 0. The largest absolute Gasteiger partial charge is 0.508 e. The molecule has 2 aromatic carbocycles. The Balaban J connectivity index is 0.000000247. The molecule has 2 aromatic rings. The summed E-state index contributed by atoms with van der Waals surface area (Å²) in [5.41, 5.74) is 0. The van der Waals surface area contributed by atoms with Gasteiger partial charge in [0.05, 0.1) is 0 Å². The number of hydrogen-bond donors (Lipinski definition) is 2. The summed E-state index contributed by atoms with van der Waals surface area (Å²) in [5, 5.41) is 17.3. The fourth-order valence-corrected chi connectivity index (χ4v) is 0.856. The zero-order valence-corrected chi connectivity index (χ0v) is 10.6. The molecular weight excluding hydrogens is 235 g/mol. The third-order valence-corrected chi connectivity index (χ3v) is 1.51. The van der Waals surface area contributed by atoms with Crippen molar-refractivity contribution in [3.05, 3.63) is 60.7 Å². The van der Waals surface area contributed by atoms with Crippen molar-refractivity contribution in [3.63, 3.8) is 0 Å². The highest BCUT2D eigenvalue weighted by Gasteiger charge is 1.75. The average Bonchev–Trinajstić information content (AvgIpc) is 2.33. The minimum absolute atomic E-state index is 0.167. The van der Waals surface area contributed by atoms with E-state index in [9.17, 15) is 0 Å². The molecule has 0 radical (unpaired) electrons. The highest BCUT2D eigenvalue weighted by molar-refractivity contribution is 7.22. The molecule has 0 saturated heterocycles. The van der Waals surface area contributed by atoms with Crippen LogP contribution in [-0.4, -0.2) is 16.9 Å². The predicted molar refractivity (Wildman–Crippen MR) is 71.1 cm³/mol. The molecule has 0 aliphatic carbocycles. The first kappa shape index (κ1) is 15.1. The maximum absolute atomic E-state index is 8.96. The van der Waals surface area contributed by atoms with Gasteiger partial charge in [-0.3, -0.25) is 0 Å². The Morgan fingerprint density at radius 3 is 1.12 bits per heavy atom. The van der Waals surface area contributed by atoms with Gasteiger partial charge in [0.15, 0.2) is 0 Å². The van der Waals surface area contributed by atoms with Gasteiger partial charge in [-0.25, -0.2) is 0 Å². The lowest BCUT2D eigenvalue weighted by molar-refractivity contribution is 0.475. The number of phenols is 2. The van der Waals surface area contributed by atoms with E-state index < -0.39 is 0 Å². The number of aromatic hydroxyl groups is 2. The van der Waals surface area contributed by atoms with Gasteiger partial charge in [0, 0.05) is 0 Å². The summed E-state index contributed by atoms with van der Waals surface area (Å²) in [5.74, 6) is 0.644. The number of para-hydroxylation sites is 2. The second-order valence-electron chi connectivity index (χ2n) is 2.88. The molecule has 0 saturated carbocycles. The van der Waals surface area contributed by atoms with Crippen LogP contribution in [0.2, 0.25) is 0 Å². The summed E-state index contributed by atoms with van der Waals surface area (Å²) < 4.78 is 8.96. The minimum Gasteiger partial charge on any atom is -0.508 e. The lowest BCUT2D eigenvalue weighted by Crippen LogP contribution is -1.56. The van der Waals surface area contributed by atoms with Crippen molar-refractivity contribution in [1.82, 2.24) is 0 Å². The van der Waals surface area contributed by atoms with Crippen LogP contribution in [0.5, 0.6) is 11.5 Å². The van der Waals surface area contributed by atoms with E-state index in [2.05, 4.69) is 0 Å². The monoisotopic (exact) mass is 251 g/mol. The van der Waals surface area contributed by atoms with E-state index in [1.54, 1.807) is 55.2 Å². The van der Waals surface area contributed by atoms with E-state index in [-0.39, 0.29) is 8.46 Å². The summed E-state index contributed by atoms with van der Waals surface area (Å²) in [6.07, 6.45) is 0. The molecule has 0 aliphatic rings. The molecule has 2 N–H and O–H groups in total. The van der Waals surface area contributed by atoms with E-state index in [1.807, 2.05) is 12.1 Å². The van der Waals surface area contributed by atoms with Crippen molar-refractivity contribution in [3.8, 4) is 11.5 Å². The normalized spacial score (nSPS) is 8.29. The zero-order chi connectivity index (χ0) is 12.9. The van der Waals surface area contributed by atoms with Crippen molar-refractivity contribution >= 4 is 8.46 Å². The summed E-state index contributed by atoms with van der Waals surface area (Å²) in [6, 6.07) is 17.4. The van der Waals surface area contributed by atoms with Crippen LogP contribution in [0.3, 0.4) is 0 Å². The molecule has 0 amide bonds. The fourth-order valence-electron chi connectivity index (χ4n) is 0.856. The van der Waals surface area contributed by atoms with Gasteiger partial charge in [0.25, 0.3) is 0 Å². The van der Waals surface area contributed by atoms with Crippen LogP contribution in [0.15, 0.2) is 60.7 Å². The van der Waals surface area contributed by atoms with Crippen LogP contribution >= 0.6 is 8.46 Å². The van der Waals surface area contributed by atoms with Gasteiger partial charge in [-0.2, -0.15) is 0 Å². The van der Waals surface area contributed by atoms with E-state index in [0.29, 0.717) is 11.5 Å². The molecule has 0 aliphatic heterocycles. The first-order valence-corrected chi connectivity index (χ1v) is 6.38. The first-order chi connectivity index (χ1) is 8.20. The molecule has 0 spiro atoms. The molecule has 4 heteroatoms. The van der Waals surface area contributed by atoms with Gasteiger partial charge in [-0.1, -0.05) is 41.0 Å². The van der Waals surface area contributed by atoms with E-state index >= 15 is 0 Å². The van der Waals surface area contributed by atoms with Gasteiger partial charge < -0.3 is 10.2 Å². The van der Waals surface area contributed by atoms with Crippen molar-refractivity contribution in [2.24, 2.45) is 0 Å². The fraction of sp³-hybridized carbons (Fsp3) is 0.0769. The number of phenolic OH excluding ortho intramolecular Hbond substituents is 2. The molecule has 2 rings (SSSR count). The van der Waals surface area contributed by atoms with Crippen LogP contribution in [0.25, 0.3) is 0 Å². The molecule has 0 fully saturated rings. The van der Waals surface area contributed by atoms with Crippen molar-refractivity contribution in [1.29, 1.82) is 0 Å². The quantitative estimate of drug-likeness (QED) is 0.705. The SMILES string of the molecule is C[PH+]=O.Oc1ccccc1.Oc1ccccc1. The summed E-state index contributed by atoms with van der Waals surface area (Å²) in [6.45, 7) is 1.60. The van der Waals surface area contributed by atoms with E-state index in [1.165, 1.54) is 0 Å². The van der Waals surface area contributed by atoms with Crippen LogP contribution in [0.4, 0.5) is 0 Å². The third kappa shape index (κ3) is 10.4. The second kappa shape index (κ2) is 10.7. The van der Waals surface area contributed by atoms with Crippen LogP contribution < -0.4 is 0 Å². The van der Waals surface area contributed by atoms with Crippen molar-refractivity contribution in [2.45, 2.75) is 0 Å². The zero-order valence-electron chi connectivity index (χ0n) is 9.58. The number of benzene rings is 2. The molecule has 0 bridgehead atoms. The van der Waals surface area contributed by atoms with Crippen LogP contribution in [0, 0.1) is 0 Å². The standard InChI is InChI=1S/2C6H6O.CH3OP/c2*7-6-4-2-1-3-5-6;1-3-2/h2*1-5,7H;1H3/p+1. The van der Waals surface area contributed by atoms with Crippen LogP contribution in [0.1, 0.15) is 0 Å². The number of hydrogen-bond acceptors (Lipinski definition) is 3. The molecular formula is C13H16O3P+. The molecule has 1 atom stereocenters. The molecule has 1 unspecified atom stereocenters. The van der Waals surface area contributed by atoms with Crippen molar-refractivity contribution in [2.75, 3.05) is 6.66 Å². The molecule has 17 heavy (non-hydrogen) atoms. The molecule has 3 nitrogen and oxygen atoms in total. The third-order valence-electron chi connectivity index (χ3n) is 1.51.